The largest absolute Gasteiger partial charge is 0.486 e. The fourth-order valence-electron chi connectivity index (χ4n) is 2.91. The van der Waals surface area contributed by atoms with Crippen molar-refractivity contribution in [3.8, 4) is 11.5 Å². The van der Waals surface area contributed by atoms with Crippen LogP contribution in [0.25, 0.3) is 5.57 Å². The van der Waals surface area contributed by atoms with Crippen LogP contribution in [0.5, 0.6) is 11.5 Å². The van der Waals surface area contributed by atoms with Crippen LogP contribution in [0.3, 0.4) is 0 Å². The number of hydrogen-bond acceptors (Lipinski definition) is 4. The summed E-state index contributed by atoms with van der Waals surface area (Å²) >= 11 is 6.47. The Labute approximate surface area is 155 Å². The zero-order chi connectivity index (χ0) is 18.6. The average molecular weight is 363 g/mol. The van der Waals surface area contributed by atoms with E-state index in [1.807, 2.05) is 12.1 Å². The van der Waals surface area contributed by atoms with Crippen molar-refractivity contribution >= 4 is 17.2 Å². The van der Waals surface area contributed by atoms with E-state index >= 15 is 0 Å². The zero-order valence-corrected chi connectivity index (χ0v) is 16.1. The predicted octanol–water partition coefficient (Wildman–Crippen LogP) is 4.60. The summed E-state index contributed by atoms with van der Waals surface area (Å²) in [7, 11) is 0. The molecule has 136 valence electrons. The molecule has 2 N–H and O–H groups in total. The van der Waals surface area contributed by atoms with E-state index in [2.05, 4.69) is 38.8 Å². The molecular weight excluding hydrogens is 336 g/mol. The summed E-state index contributed by atoms with van der Waals surface area (Å²) in [5.41, 5.74) is 9.25. The van der Waals surface area contributed by atoms with Gasteiger partial charge in [0.25, 0.3) is 0 Å². The molecule has 0 radical (unpaired) electrons. The summed E-state index contributed by atoms with van der Waals surface area (Å²) in [4.78, 5) is 2.38. The molecule has 0 aromatic heterocycles. The number of rotatable bonds is 8. The van der Waals surface area contributed by atoms with Gasteiger partial charge >= 0.3 is 0 Å². The Morgan fingerprint density at radius 2 is 2.00 bits per heavy atom. The van der Waals surface area contributed by atoms with E-state index in [-0.39, 0.29) is 6.61 Å². The van der Waals surface area contributed by atoms with Gasteiger partial charge in [-0.05, 0) is 49.7 Å². The maximum atomic E-state index is 6.47. The van der Waals surface area contributed by atoms with Crippen molar-refractivity contribution in [1.82, 2.24) is 4.90 Å². The number of benzene rings is 1. The number of halogens is 1. The molecule has 5 heteroatoms. The van der Waals surface area contributed by atoms with Gasteiger partial charge in [-0.1, -0.05) is 38.6 Å². The molecule has 1 heterocycles. The second-order valence-electron chi connectivity index (χ2n) is 6.11. The first-order chi connectivity index (χ1) is 11.9. The van der Waals surface area contributed by atoms with Crippen molar-refractivity contribution in [2.45, 2.75) is 27.2 Å². The maximum Gasteiger partial charge on any atom is 0.157 e. The van der Waals surface area contributed by atoms with Crippen LogP contribution in [0.2, 0.25) is 5.02 Å². The number of nitrogens with two attached hydrogens (primary N) is 1. The Morgan fingerprint density at radius 3 is 2.60 bits per heavy atom. The Hall–Kier alpha value is -1.91. The fourth-order valence-corrected chi connectivity index (χ4v) is 3.17. The van der Waals surface area contributed by atoms with Crippen LogP contribution in [0.1, 0.15) is 32.8 Å². The molecule has 0 spiro atoms. The van der Waals surface area contributed by atoms with Crippen LogP contribution in [0.4, 0.5) is 0 Å². The van der Waals surface area contributed by atoms with E-state index in [1.165, 1.54) is 0 Å². The van der Waals surface area contributed by atoms with E-state index in [4.69, 9.17) is 26.8 Å². The van der Waals surface area contributed by atoms with Crippen LogP contribution in [-0.2, 0) is 0 Å². The summed E-state index contributed by atoms with van der Waals surface area (Å²) in [6.07, 6.45) is 0.897. The summed E-state index contributed by atoms with van der Waals surface area (Å²) in [6, 6.07) is 3.81. The molecule has 0 unspecified atom stereocenters. The van der Waals surface area contributed by atoms with Crippen LogP contribution in [0.15, 0.2) is 42.3 Å². The molecule has 1 aliphatic rings. The lowest BCUT2D eigenvalue weighted by Crippen LogP contribution is -2.25. The molecule has 1 aliphatic heterocycles. The van der Waals surface area contributed by atoms with Gasteiger partial charge in [-0.2, -0.15) is 0 Å². The van der Waals surface area contributed by atoms with Gasteiger partial charge in [0.2, 0.25) is 0 Å². The van der Waals surface area contributed by atoms with Crippen LogP contribution in [-0.4, -0.2) is 31.1 Å². The van der Waals surface area contributed by atoms with Gasteiger partial charge in [0, 0.05) is 17.8 Å². The van der Waals surface area contributed by atoms with Crippen molar-refractivity contribution < 1.29 is 9.47 Å². The van der Waals surface area contributed by atoms with Crippen molar-refractivity contribution in [3.05, 3.63) is 52.9 Å². The zero-order valence-electron chi connectivity index (χ0n) is 15.3. The lowest BCUT2D eigenvalue weighted by atomic mass is 9.94. The second-order valence-corrected chi connectivity index (χ2v) is 6.48. The topological polar surface area (TPSA) is 47.7 Å². The van der Waals surface area contributed by atoms with E-state index in [0.717, 1.165) is 42.8 Å². The highest BCUT2D eigenvalue weighted by Gasteiger charge is 2.25. The molecule has 4 nitrogen and oxygen atoms in total. The lowest BCUT2D eigenvalue weighted by Gasteiger charge is -2.27. The number of allylic oxidation sites excluding steroid dienone is 2. The summed E-state index contributed by atoms with van der Waals surface area (Å²) in [5, 5.41) is 0.432. The molecule has 0 saturated heterocycles. The van der Waals surface area contributed by atoms with Gasteiger partial charge in [-0.25, -0.2) is 0 Å². The minimum Gasteiger partial charge on any atom is -0.486 e. The fraction of sp³-hybridized carbons (Fsp3) is 0.400. The van der Waals surface area contributed by atoms with Gasteiger partial charge in [0.1, 0.15) is 23.1 Å². The molecule has 0 aliphatic carbocycles. The molecule has 25 heavy (non-hydrogen) atoms. The Kier molecular flexibility index (Phi) is 6.57. The molecule has 0 saturated carbocycles. The smallest absolute Gasteiger partial charge is 0.157 e. The van der Waals surface area contributed by atoms with E-state index in [9.17, 15) is 0 Å². The quantitative estimate of drug-likeness (QED) is 0.734. The average Bonchev–Trinajstić information content (AvgIpc) is 2.58. The van der Waals surface area contributed by atoms with Crippen molar-refractivity contribution in [2.75, 3.05) is 26.2 Å². The number of nitrogens with zero attached hydrogens (tertiary/aromatic N) is 1. The van der Waals surface area contributed by atoms with E-state index in [0.29, 0.717) is 28.0 Å². The summed E-state index contributed by atoms with van der Waals surface area (Å²) < 4.78 is 11.5. The first-order valence-electron chi connectivity index (χ1n) is 8.57. The minimum absolute atomic E-state index is 0.212. The van der Waals surface area contributed by atoms with Crippen LogP contribution >= 0.6 is 11.6 Å². The normalized spacial score (nSPS) is 13.7. The van der Waals surface area contributed by atoms with Gasteiger partial charge in [-0.15, -0.1) is 0 Å². The first-order valence-corrected chi connectivity index (χ1v) is 8.94. The van der Waals surface area contributed by atoms with Gasteiger partial charge < -0.3 is 20.1 Å². The Morgan fingerprint density at radius 1 is 1.32 bits per heavy atom. The van der Waals surface area contributed by atoms with Gasteiger partial charge in [0.05, 0.1) is 0 Å². The van der Waals surface area contributed by atoms with Crippen molar-refractivity contribution in [3.63, 3.8) is 0 Å². The van der Waals surface area contributed by atoms with Gasteiger partial charge in [-0.3, -0.25) is 0 Å². The standard InChI is InChI=1S/C20H27ClN2O2/c1-6-23(7-2)11-10-16-14(4)17-8-9-18(24-12-13(3)22)19(21)20(17)25-15(16)5/h8-9H,3,5-7,10-12,22H2,1-2,4H3. The molecule has 0 bridgehead atoms. The van der Waals surface area contributed by atoms with Gasteiger partial charge in [0.15, 0.2) is 5.75 Å². The second kappa shape index (κ2) is 8.45. The Balaban J connectivity index is 2.29. The molecular formula is C20H27ClN2O2. The lowest BCUT2D eigenvalue weighted by molar-refractivity contribution is 0.304. The molecule has 2 rings (SSSR count). The van der Waals surface area contributed by atoms with E-state index in [1.54, 1.807) is 0 Å². The summed E-state index contributed by atoms with van der Waals surface area (Å²) in [5.74, 6) is 1.77. The van der Waals surface area contributed by atoms with Crippen molar-refractivity contribution in [1.29, 1.82) is 0 Å². The minimum atomic E-state index is 0.212. The Bertz CT molecular complexity index is 706. The highest BCUT2D eigenvalue weighted by Crippen LogP contribution is 2.46. The molecule has 0 fully saturated rings. The summed E-state index contributed by atoms with van der Waals surface area (Å²) in [6.45, 7) is 17.4. The molecule has 1 aromatic carbocycles. The maximum absolute atomic E-state index is 6.47. The first kappa shape index (κ1) is 19.4. The van der Waals surface area contributed by atoms with E-state index < -0.39 is 0 Å². The van der Waals surface area contributed by atoms with Crippen molar-refractivity contribution in [2.24, 2.45) is 5.73 Å². The number of hydrogen-bond donors (Lipinski definition) is 1. The molecule has 0 atom stereocenters. The van der Waals surface area contributed by atoms with Crippen LogP contribution in [0, 0.1) is 0 Å². The SMILES string of the molecule is C=C(N)COc1ccc2c(c1Cl)OC(=C)C(CCN(CC)CC)=C2C. The molecule has 0 amide bonds. The number of fused-ring (bicyclic) bond motifs is 1. The number of ether oxygens (including phenoxy) is 2. The highest BCUT2D eigenvalue weighted by molar-refractivity contribution is 6.34. The molecule has 1 aromatic rings. The highest BCUT2D eigenvalue weighted by atomic mass is 35.5. The predicted molar refractivity (Wildman–Crippen MR) is 105 cm³/mol. The third-order valence-electron chi connectivity index (χ3n) is 4.47. The third-order valence-corrected chi connectivity index (χ3v) is 4.82. The van der Waals surface area contributed by atoms with Crippen LogP contribution < -0.4 is 15.2 Å². The third kappa shape index (κ3) is 4.39. The monoisotopic (exact) mass is 362 g/mol.